The van der Waals surface area contributed by atoms with Crippen molar-refractivity contribution in [1.82, 2.24) is 40.9 Å². The molecule has 3 aromatic rings. The summed E-state index contributed by atoms with van der Waals surface area (Å²) < 4.78 is 1.48. The standard InChI is InChI=1S/C22H23ClN8O3/c1-14-6-8-30(27-12-15-3-2-7-24-21(15)33)22(34)18(14)10-20(32)25-11-16-9-17(23)4-5-19(16)31-13-26-28-29-31/h2-5,7,9,13,27H,6,8,10-12H2,1H3,(H,24,33)(H,25,32). The van der Waals surface area contributed by atoms with Crippen molar-refractivity contribution >= 4 is 23.4 Å². The van der Waals surface area contributed by atoms with Crippen LogP contribution in [0.5, 0.6) is 0 Å². The molecule has 0 saturated heterocycles. The molecule has 34 heavy (non-hydrogen) atoms. The number of rotatable bonds is 8. The number of hydrogen-bond acceptors (Lipinski definition) is 7. The van der Waals surface area contributed by atoms with E-state index in [0.717, 1.165) is 11.1 Å². The van der Waals surface area contributed by atoms with Crippen molar-refractivity contribution in [3.63, 3.8) is 0 Å². The molecule has 4 rings (SSSR count). The minimum atomic E-state index is -0.299. The van der Waals surface area contributed by atoms with Gasteiger partial charge in [-0.1, -0.05) is 23.2 Å². The summed E-state index contributed by atoms with van der Waals surface area (Å²) in [4.78, 5) is 40.2. The first kappa shape index (κ1) is 23.3. The largest absolute Gasteiger partial charge is 0.352 e. The maximum atomic E-state index is 13.0. The van der Waals surface area contributed by atoms with Gasteiger partial charge < -0.3 is 10.3 Å². The van der Waals surface area contributed by atoms with E-state index in [2.05, 4.69) is 31.3 Å². The molecule has 0 aliphatic carbocycles. The molecule has 0 bridgehead atoms. The van der Waals surface area contributed by atoms with Crippen LogP contribution < -0.4 is 16.3 Å². The zero-order valence-corrected chi connectivity index (χ0v) is 19.2. The van der Waals surface area contributed by atoms with E-state index >= 15 is 0 Å². The Labute approximate surface area is 199 Å². The summed E-state index contributed by atoms with van der Waals surface area (Å²) in [7, 11) is 0. The number of nitrogens with one attached hydrogen (secondary N) is 3. The molecule has 0 unspecified atom stereocenters. The SMILES string of the molecule is CC1=C(CC(=O)NCc2cc(Cl)ccc2-n2cnnn2)C(=O)N(NCc2ccc[nH]c2=O)CC1. The molecule has 0 spiro atoms. The van der Waals surface area contributed by atoms with Crippen LogP contribution in [0.15, 0.2) is 58.8 Å². The van der Waals surface area contributed by atoms with Gasteiger partial charge in [0.1, 0.15) is 6.33 Å². The number of tetrazole rings is 1. The summed E-state index contributed by atoms with van der Waals surface area (Å²) in [6.07, 6.45) is 3.57. The number of amides is 2. The summed E-state index contributed by atoms with van der Waals surface area (Å²) in [5.41, 5.74) is 6.02. The lowest BCUT2D eigenvalue weighted by atomic mass is 9.98. The van der Waals surface area contributed by atoms with Crippen LogP contribution in [0, 0.1) is 0 Å². The average molecular weight is 483 g/mol. The van der Waals surface area contributed by atoms with Crippen molar-refractivity contribution in [2.24, 2.45) is 0 Å². The highest BCUT2D eigenvalue weighted by Gasteiger charge is 2.27. The van der Waals surface area contributed by atoms with E-state index < -0.39 is 0 Å². The molecule has 2 aromatic heterocycles. The second kappa shape index (κ2) is 10.4. The maximum Gasteiger partial charge on any atom is 0.264 e. The fourth-order valence-corrected chi connectivity index (χ4v) is 3.83. The van der Waals surface area contributed by atoms with E-state index in [0.29, 0.717) is 34.8 Å². The Kier molecular flexibility index (Phi) is 7.14. The van der Waals surface area contributed by atoms with E-state index in [-0.39, 0.29) is 36.9 Å². The number of pyridine rings is 1. The number of aromatic nitrogens is 5. The van der Waals surface area contributed by atoms with Gasteiger partial charge in [0.2, 0.25) is 5.91 Å². The Morgan fingerprint density at radius 1 is 1.21 bits per heavy atom. The van der Waals surface area contributed by atoms with E-state index in [9.17, 15) is 14.4 Å². The third-order valence-corrected chi connectivity index (χ3v) is 5.77. The fourth-order valence-electron chi connectivity index (χ4n) is 3.64. The van der Waals surface area contributed by atoms with Crippen molar-refractivity contribution in [3.8, 4) is 5.69 Å². The molecule has 12 heteroatoms. The molecule has 0 saturated carbocycles. The third-order valence-electron chi connectivity index (χ3n) is 5.54. The van der Waals surface area contributed by atoms with E-state index in [1.165, 1.54) is 16.0 Å². The second-order valence-corrected chi connectivity index (χ2v) is 8.24. The molecule has 0 radical (unpaired) electrons. The van der Waals surface area contributed by atoms with Gasteiger partial charge in [-0.15, -0.1) is 5.10 Å². The highest BCUT2D eigenvalue weighted by atomic mass is 35.5. The normalized spacial score (nSPS) is 13.9. The van der Waals surface area contributed by atoms with Gasteiger partial charge in [0.25, 0.3) is 11.5 Å². The summed E-state index contributed by atoms with van der Waals surface area (Å²) in [5, 5.41) is 16.0. The Balaban J connectivity index is 1.39. The quantitative estimate of drug-likeness (QED) is 0.439. The maximum absolute atomic E-state index is 13.0. The molecule has 0 atom stereocenters. The molecular weight excluding hydrogens is 460 g/mol. The predicted molar refractivity (Wildman–Crippen MR) is 124 cm³/mol. The lowest BCUT2D eigenvalue weighted by molar-refractivity contribution is -0.132. The number of carbonyl (C=O) groups excluding carboxylic acids is 2. The monoisotopic (exact) mass is 482 g/mol. The van der Waals surface area contributed by atoms with Crippen molar-refractivity contribution in [2.75, 3.05) is 6.54 Å². The number of hydrogen-bond donors (Lipinski definition) is 3. The number of aromatic amines is 1. The first-order chi connectivity index (χ1) is 16.4. The molecule has 3 heterocycles. The number of halogens is 1. The minimum Gasteiger partial charge on any atom is -0.352 e. The van der Waals surface area contributed by atoms with Gasteiger partial charge in [0.15, 0.2) is 0 Å². The molecule has 3 N–H and O–H groups in total. The molecule has 11 nitrogen and oxygen atoms in total. The van der Waals surface area contributed by atoms with Crippen molar-refractivity contribution in [2.45, 2.75) is 32.9 Å². The smallest absolute Gasteiger partial charge is 0.264 e. The van der Waals surface area contributed by atoms with Gasteiger partial charge in [-0.25, -0.2) is 10.1 Å². The molecule has 1 aliphatic heterocycles. The fraction of sp³-hybridized carbons (Fsp3) is 0.273. The third kappa shape index (κ3) is 5.38. The zero-order valence-electron chi connectivity index (χ0n) is 18.4. The van der Waals surface area contributed by atoms with Crippen LogP contribution in [0.2, 0.25) is 5.02 Å². The predicted octanol–water partition coefficient (Wildman–Crippen LogP) is 1.26. The van der Waals surface area contributed by atoms with Crippen molar-refractivity contribution in [1.29, 1.82) is 0 Å². The highest BCUT2D eigenvalue weighted by molar-refractivity contribution is 6.30. The average Bonchev–Trinajstić information content (AvgIpc) is 3.36. The minimum absolute atomic E-state index is 0.0600. The number of H-pyrrole nitrogens is 1. The molecule has 1 aromatic carbocycles. The van der Waals surface area contributed by atoms with Crippen molar-refractivity contribution in [3.05, 3.63) is 80.5 Å². The molecule has 2 amide bonds. The number of benzene rings is 1. The first-order valence-corrected chi connectivity index (χ1v) is 11.0. The summed E-state index contributed by atoms with van der Waals surface area (Å²) in [6.45, 7) is 2.70. The Bertz CT molecular complexity index is 1290. The topological polar surface area (TPSA) is 138 Å². The van der Waals surface area contributed by atoms with E-state index in [1.807, 2.05) is 6.92 Å². The Hall–Kier alpha value is -3.83. The first-order valence-electron chi connectivity index (χ1n) is 10.6. The van der Waals surface area contributed by atoms with Crippen LogP contribution in [0.4, 0.5) is 0 Å². The van der Waals surface area contributed by atoms with Gasteiger partial charge >= 0.3 is 0 Å². The molecule has 176 valence electrons. The summed E-state index contributed by atoms with van der Waals surface area (Å²) in [5.74, 6) is -0.574. The summed E-state index contributed by atoms with van der Waals surface area (Å²) in [6, 6.07) is 8.62. The summed E-state index contributed by atoms with van der Waals surface area (Å²) >= 11 is 6.13. The van der Waals surface area contributed by atoms with Crippen LogP contribution in [0.1, 0.15) is 30.9 Å². The van der Waals surface area contributed by atoms with Crippen LogP contribution in [0.3, 0.4) is 0 Å². The number of carbonyl (C=O) groups is 2. The van der Waals surface area contributed by atoms with Gasteiger partial charge in [0, 0.05) is 42.0 Å². The molecule has 0 fully saturated rings. The van der Waals surface area contributed by atoms with E-state index in [1.54, 1.807) is 36.5 Å². The molecular formula is C22H23ClN8O3. The Morgan fingerprint density at radius 2 is 2.06 bits per heavy atom. The number of nitrogens with zero attached hydrogens (tertiary/aromatic N) is 5. The Morgan fingerprint density at radius 3 is 2.82 bits per heavy atom. The van der Waals surface area contributed by atoms with Crippen molar-refractivity contribution < 1.29 is 9.59 Å². The second-order valence-electron chi connectivity index (χ2n) is 7.81. The van der Waals surface area contributed by atoms with Crippen LogP contribution in [-0.4, -0.2) is 48.6 Å². The van der Waals surface area contributed by atoms with Gasteiger partial charge in [0.05, 0.1) is 12.1 Å². The lowest BCUT2D eigenvalue weighted by Crippen LogP contribution is -2.47. The van der Waals surface area contributed by atoms with Crippen LogP contribution in [-0.2, 0) is 22.7 Å². The zero-order chi connectivity index (χ0) is 24.1. The molecule has 1 aliphatic rings. The van der Waals surface area contributed by atoms with Gasteiger partial charge in [-0.3, -0.25) is 19.4 Å². The van der Waals surface area contributed by atoms with Gasteiger partial charge in [-0.05, 0) is 53.6 Å². The lowest BCUT2D eigenvalue weighted by Gasteiger charge is -2.30. The van der Waals surface area contributed by atoms with Crippen LogP contribution >= 0.6 is 11.6 Å². The highest BCUT2D eigenvalue weighted by Crippen LogP contribution is 2.22. The van der Waals surface area contributed by atoms with Crippen LogP contribution in [0.25, 0.3) is 5.69 Å². The van der Waals surface area contributed by atoms with E-state index in [4.69, 9.17) is 11.6 Å². The van der Waals surface area contributed by atoms with Gasteiger partial charge in [-0.2, -0.15) is 0 Å². The number of hydrazine groups is 1.